The first-order valence-corrected chi connectivity index (χ1v) is 7.37. The van der Waals surface area contributed by atoms with E-state index in [1.54, 1.807) is 12.1 Å². The van der Waals surface area contributed by atoms with E-state index >= 15 is 0 Å². The van der Waals surface area contributed by atoms with Gasteiger partial charge in [-0.05, 0) is 31.2 Å². The summed E-state index contributed by atoms with van der Waals surface area (Å²) in [7, 11) is 0. The topological polar surface area (TPSA) is 41.5 Å². The molecule has 0 fully saturated rings. The number of hydrogen-bond acceptors (Lipinski definition) is 3. The van der Waals surface area contributed by atoms with Crippen LogP contribution in [0.1, 0.15) is 5.56 Å². The number of rotatable bonds is 6. The van der Waals surface area contributed by atoms with Gasteiger partial charge in [0.1, 0.15) is 18.5 Å². The molecule has 112 valence electrons. The second kappa shape index (κ2) is 7.55. The van der Waals surface area contributed by atoms with Gasteiger partial charge in [-0.25, -0.2) is 0 Å². The Morgan fingerprint density at radius 1 is 1.14 bits per heavy atom. The number of aliphatic hydroxyl groups is 1. The molecule has 0 aromatic heterocycles. The van der Waals surface area contributed by atoms with Crippen molar-refractivity contribution in [2.24, 2.45) is 0 Å². The van der Waals surface area contributed by atoms with Crippen molar-refractivity contribution in [1.82, 2.24) is 0 Å². The molecule has 0 bridgehead atoms. The molecule has 0 amide bonds. The Hall–Kier alpha value is -1.42. The first-order valence-electron chi connectivity index (χ1n) is 6.61. The van der Waals surface area contributed by atoms with Gasteiger partial charge in [-0.1, -0.05) is 47.0 Å². The molecule has 0 aliphatic heterocycles. The van der Waals surface area contributed by atoms with E-state index in [1.165, 1.54) is 5.56 Å². The molecule has 2 aromatic carbocycles. The molecule has 0 heterocycles. The van der Waals surface area contributed by atoms with Crippen LogP contribution in [-0.4, -0.2) is 24.4 Å². The number of aliphatic hydroxyl groups excluding tert-OH is 1. The van der Waals surface area contributed by atoms with Crippen LogP contribution in [0.4, 0.5) is 5.69 Å². The first kappa shape index (κ1) is 16.0. The van der Waals surface area contributed by atoms with Crippen molar-refractivity contribution in [2.45, 2.75) is 13.0 Å². The Bertz CT molecular complexity index is 587. The maximum atomic E-state index is 9.92. The van der Waals surface area contributed by atoms with E-state index in [2.05, 4.69) is 5.32 Å². The average Bonchev–Trinajstić information content (AvgIpc) is 2.48. The normalized spacial score (nSPS) is 12.0. The monoisotopic (exact) mass is 325 g/mol. The van der Waals surface area contributed by atoms with Gasteiger partial charge in [0.25, 0.3) is 0 Å². The van der Waals surface area contributed by atoms with Crippen molar-refractivity contribution in [3.05, 3.63) is 58.1 Å². The van der Waals surface area contributed by atoms with E-state index in [1.807, 2.05) is 37.3 Å². The fraction of sp³-hybridized carbons (Fsp3) is 0.250. The highest BCUT2D eigenvalue weighted by molar-refractivity contribution is 6.43. The van der Waals surface area contributed by atoms with Gasteiger partial charge in [-0.15, -0.1) is 0 Å². The second-order valence-corrected chi connectivity index (χ2v) is 5.55. The van der Waals surface area contributed by atoms with E-state index in [0.29, 0.717) is 22.3 Å². The minimum Gasteiger partial charge on any atom is -0.491 e. The van der Waals surface area contributed by atoms with Crippen LogP contribution in [0.2, 0.25) is 10.0 Å². The van der Waals surface area contributed by atoms with Crippen LogP contribution in [0.5, 0.6) is 5.75 Å². The van der Waals surface area contributed by atoms with Gasteiger partial charge < -0.3 is 15.2 Å². The number of benzene rings is 2. The van der Waals surface area contributed by atoms with Gasteiger partial charge in [-0.2, -0.15) is 0 Å². The number of halogens is 2. The molecule has 0 saturated heterocycles. The summed E-state index contributed by atoms with van der Waals surface area (Å²) in [6.07, 6.45) is -0.652. The Kier molecular flexibility index (Phi) is 5.74. The summed E-state index contributed by atoms with van der Waals surface area (Å²) in [6.45, 7) is 2.54. The third-order valence-electron chi connectivity index (χ3n) is 2.94. The highest BCUT2D eigenvalue weighted by atomic mass is 35.5. The van der Waals surface area contributed by atoms with Crippen LogP contribution in [0.15, 0.2) is 42.5 Å². The van der Waals surface area contributed by atoms with Crippen molar-refractivity contribution in [3.63, 3.8) is 0 Å². The summed E-state index contributed by atoms with van der Waals surface area (Å²) in [5, 5.41) is 13.9. The average molecular weight is 326 g/mol. The van der Waals surface area contributed by atoms with Crippen LogP contribution < -0.4 is 10.1 Å². The highest BCUT2D eigenvalue weighted by Crippen LogP contribution is 2.29. The van der Waals surface area contributed by atoms with Gasteiger partial charge >= 0.3 is 0 Å². The lowest BCUT2D eigenvalue weighted by molar-refractivity contribution is 0.117. The zero-order chi connectivity index (χ0) is 15.2. The van der Waals surface area contributed by atoms with Crippen molar-refractivity contribution in [2.75, 3.05) is 18.5 Å². The standard InChI is InChI=1S/C16H17Cl2NO2/c1-11-5-7-13(8-6-11)21-10-12(20)9-19-15-4-2-3-14(17)16(15)18/h2-8,12,19-20H,9-10H2,1H3. The highest BCUT2D eigenvalue weighted by Gasteiger charge is 2.08. The zero-order valence-electron chi connectivity index (χ0n) is 11.6. The lowest BCUT2D eigenvalue weighted by Gasteiger charge is -2.15. The summed E-state index contributed by atoms with van der Waals surface area (Å²) in [5.41, 5.74) is 1.86. The quantitative estimate of drug-likeness (QED) is 0.838. The maximum Gasteiger partial charge on any atom is 0.119 e. The Morgan fingerprint density at radius 3 is 2.57 bits per heavy atom. The summed E-state index contributed by atoms with van der Waals surface area (Å²) >= 11 is 12.0. The molecule has 3 nitrogen and oxygen atoms in total. The van der Waals surface area contributed by atoms with Gasteiger partial charge in [0.05, 0.1) is 15.7 Å². The van der Waals surface area contributed by atoms with Crippen LogP contribution in [0, 0.1) is 6.92 Å². The lowest BCUT2D eigenvalue weighted by Crippen LogP contribution is -2.26. The Balaban J connectivity index is 1.80. The van der Waals surface area contributed by atoms with Crippen LogP contribution in [0.25, 0.3) is 0 Å². The minimum atomic E-state index is -0.652. The SMILES string of the molecule is Cc1ccc(OCC(O)CNc2cccc(Cl)c2Cl)cc1. The second-order valence-electron chi connectivity index (χ2n) is 4.76. The van der Waals surface area contributed by atoms with Gasteiger partial charge in [0.2, 0.25) is 0 Å². The molecular weight excluding hydrogens is 309 g/mol. The molecule has 21 heavy (non-hydrogen) atoms. The third kappa shape index (κ3) is 4.81. The van der Waals surface area contributed by atoms with Crippen molar-refractivity contribution in [1.29, 1.82) is 0 Å². The van der Waals surface area contributed by atoms with Gasteiger partial charge in [0.15, 0.2) is 0 Å². The number of aryl methyl sites for hydroxylation is 1. The lowest BCUT2D eigenvalue weighted by atomic mass is 10.2. The smallest absolute Gasteiger partial charge is 0.119 e. The van der Waals surface area contributed by atoms with Crippen LogP contribution in [0.3, 0.4) is 0 Å². The van der Waals surface area contributed by atoms with E-state index in [0.717, 1.165) is 5.75 Å². The molecular formula is C16H17Cl2NO2. The summed E-state index contributed by atoms with van der Waals surface area (Å²) in [4.78, 5) is 0. The first-order chi connectivity index (χ1) is 10.1. The number of nitrogens with one attached hydrogen (secondary N) is 1. The van der Waals surface area contributed by atoms with Crippen molar-refractivity contribution >= 4 is 28.9 Å². The third-order valence-corrected chi connectivity index (χ3v) is 3.76. The van der Waals surface area contributed by atoms with E-state index in [9.17, 15) is 5.11 Å². The summed E-state index contributed by atoms with van der Waals surface area (Å²) in [6, 6.07) is 13.0. The molecule has 1 unspecified atom stereocenters. The Morgan fingerprint density at radius 2 is 1.86 bits per heavy atom. The number of hydrogen-bond donors (Lipinski definition) is 2. The number of ether oxygens (including phenoxy) is 1. The molecule has 5 heteroatoms. The van der Waals surface area contributed by atoms with Gasteiger partial charge in [0, 0.05) is 6.54 Å². The van der Waals surface area contributed by atoms with Crippen LogP contribution >= 0.6 is 23.2 Å². The molecule has 0 aliphatic rings. The summed E-state index contributed by atoms with van der Waals surface area (Å²) < 4.78 is 5.52. The van der Waals surface area contributed by atoms with Crippen molar-refractivity contribution in [3.8, 4) is 5.75 Å². The molecule has 0 saturated carbocycles. The predicted molar refractivity (Wildman–Crippen MR) is 87.6 cm³/mol. The molecule has 2 rings (SSSR count). The summed E-state index contributed by atoms with van der Waals surface area (Å²) in [5.74, 6) is 0.737. The van der Waals surface area contributed by atoms with E-state index in [-0.39, 0.29) is 6.61 Å². The van der Waals surface area contributed by atoms with Gasteiger partial charge in [-0.3, -0.25) is 0 Å². The minimum absolute atomic E-state index is 0.203. The predicted octanol–water partition coefficient (Wildman–Crippen LogP) is 4.15. The fourth-order valence-electron chi connectivity index (χ4n) is 1.75. The fourth-order valence-corrected chi connectivity index (χ4v) is 2.12. The largest absolute Gasteiger partial charge is 0.491 e. The van der Waals surface area contributed by atoms with Crippen molar-refractivity contribution < 1.29 is 9.84 Å². The number of anilines is 1. The zero-order valence-corrected chi connectivity index (χ0v) is 13.2. The molecule has 1 atom stereocenters. The molecule has 0 spiro atoms. The molecule has 0 aliphatic carbocycles. The molecule has 2 N–H and O–H groups in total. The molecule has 0 radical (unpaired) electrons. The Labute approximate surface area is 134 Å². The van der Waals surface area contributed by atoms with E-state index < -0.39 is 6.10 Å². The van der Waals surface area contributed by atoms with E-state index in [4.69, 9.17) is 27.9 Å². The van der Waals surface area contributed by atoms with Crippen LogP contribution in [-0.2, 0) is 0 Å². The molecule has 2 aromatic rings. The maximum absolute atomic E-state index is 9.92.